The zero-order valence-corrected chi connectivity index (χ0v) is 16.3. The summed E-state index contributed by atoms with van der Waals surface area (Å²) in [6.45, 7) is 5.22. The van der Waals surface area contributed by atoms with Gasteiger partial charge >= 0.3 is 18.1 Å². The molecule has 2 aromatic rings. The van der Waals surface area contributed by atoms with Gasteiger partial charge in [0, 0.05) is 31.5 Å². The maximum Gasteiger partial charge on any atom is 0.471 e. The molecule has 1 saturated heterocycles. The number of esters is 1. The Kier molecular flexibility index (Phi) is 6.00. The molecule has 1 N–H and O–H groups in total. The van der Waals surface area contributed by atoms with E-state index in [-0.39, 0.29) is 48.5 Å². The van der Waals surface area contributed by atoms with Gasteiger partial charge in [0.05, 0.1) is 12.0 Å². The molecule has 0 spiro atoms. The van der Waals surface area contributed by atoms with Crippen molar-refractivity contribution in [1.82, 2.24) is 14.9 Å². The van der Waals surface area contributed by atoms with Crippen molar-refractivity contribution < 1.29 is 31.9 Å². The van der Waals surface area contributed by atoms with E-state index in [1.807, 2.05) is 5.32 Å². The summed E-state index contributed by atoms with van der Waals surface area (Å²) in [4.78, 5) is 41.3. The summed E-state index contributed by atoms with van der Waals surface area (Å²) < 4.78 is 58.2. The molecule has 0 bridgehead atoms. The first-order valence-electron chi connectivity index (χ1n) is 9.24. The number of amides is 1. The van der Waals surface area contributed by atoms with Crippen LogP contribution in [0.3, 0.4) is 0 Å². The van der Waals surface area contributed by atoms with Crippen molar-refractivity contribution in [3.05, 3.63) is 40.4 Å². The first-order chi connectivity index (χ1) is 14.6. The maximum atomic E-state index is 14.8. The van der Waals surface area contributed by atoms with E-state index in [0.29, 0.717) is 0 Å². The lowest BCUT2D eigenvalue weighted by atomic mass is 10.2. The van der Waals surface area contributed by atoms with E-state index >= 15 is 0 Å². The second-order valence-corrected chi connectivity index (χ2v) is 6.75. The fraction of sp³-hybridized carbons (Fsp3) is 0.368. The van der Waals surface area contributed by atoms with Crippen LogP contribution in [0.2, 0.25) is 0 Å². The Bertz CT molecular complexity index is 1110. The summed E-state index contributed by atoms with van der Waals surface area (Å²) in [6, 6.07) is 0.0588. The number of hydrogen-bond acceptors (Lipinski definition) is 6. The number of carbonyl (C=O) groups is 2. The van der Waals surface area contributed by atoms with Crippen molar-refractivity contribution in [1.29, 1.82) is 0 Å². The van der Waals surface area contributed by atoms with Gasteiger partial charge in [-0.15, -0.1) is 0 Å². The summed E-state index contributed by atoms with van der Waals surface area (Å²) in [7, 11) is 0. The van der Waals surface area contributed by atoms with E-state index < -0.39 is 35.3 Å². The quantitative estimate of drug-likeness (QED) is 0.563. The minimum Gasteiger partial charge on any atom is -0.462 e. The standard InChI is InChI=1S/C19H18F4N4O4/c1-3-26-9-12(17(29)31-4-2)14(28)11-7-13(20)16(25-15(11)26)27-6-5-10(8-27)24-18(30)19(21,22)23/h3,7,9-10H,1,4-6,8H2,2H3,(H,24,30). The Morgan fingerprint density at radius 2 is 2.13 bits per heavy atom. The Morgan fingerprint density at radius 3 is 2.74 bits per heavy atom. The van der Waals surface area contributed by atoms with Gasteiger partial charge in [-0.3, -0.25) is 9.59 Å². The van der Waals surface area contributed by atoms with Crippen LogP contribution in [0.15, 0.2) is 23.6 Å². The van der Waals surface area contributed by atoms with E-state index in [4.69, 9.17) is 4.74 Å². The molecule has 2 aromatic heterocycles. The molecule has 3 rings (SSSR count). The minimum absolute atomic E-state index is 0.00669. The number of anilines is 1. The molecule has 0 saturated carbocycles. The molecule has 1 amide bonds. The van der Waals surface area contributed by atoms with Crippen LogP contribution >= 0.6 is 0 Å². The summed E-state index contributed by atoms with van der Waals surface area (Å²) in [6.07, 6.45) is -2.44. The molecule has 1 atom stereocenters. The summed E-state index contributed by atoms with van der Waals surface area (Å²) in [5.41, 5.74) is -1.09. The number of fused-ring (bicyclic) bond motifs is 1. The minimum atomic E-state index is -5.02. The number of aromatic nitrogens is 2. The fourth-order valence-electron chi connectivity index (χ4n) is 3.29. The summed E-state index contributed by atoms with van der Waals surface area (Å²) >= 11 is 0. The number of pyridine rings is 2. The van der Waals surface area contributed by atoms with E-state index in [1.165, 1.54) is 21.9 Å². The van der Waals surface area contributed by atoms with Gasteiger partial charge in [0.2, 0.25) is 5.43 Å². The van der Waals surface area contributed by atoms with Crippen LogP contribution in [0.25, 0.3) is 17.2 Å². The summed E-state index contributed by atoms with van der Waals surface area (Å²) in [5.74, 6) is -4.05. The van der Waals surface area contributed by atoms with Crippen molar-refractivity contribution >= 4 is 34.9 Å². The Hall–Kier alpha value is -3.44. The molecule has 0 aromatic carbocycles. The molecule has 8 nitrogen and oxygen atoms in total. The van der Waals surface area contributed by atoms with Gasteiger partial charge in [-0.25, -0.2) is 14.2 Å². The van der Waals surface area contributed by atoms with Crippen molar-refractivity contribution in [2.24, 2.45) is 0 Å². The van der Waals surface area contributed by atoms with Crippen LogP contribution in [-0.2, 0) is 9.53 Å². The van der Waals surface area contributed by atoms with E-state index in [9.17, 15) is 31.9 Å². The number of carbonyl (C=O) groups excluding carboxylic acids is 2. The molecular weight excluding hydrogens is 424 g/mol. The van der Waals surface area contributed by atoms with Gasteiger partial charge in [-0.05, 0) is 19.4 Å². The van der Waals surface area contributed by atoms with Gasteiger partial charge in [-0.1, -0.05) is 6.58 Å². The molecule has 12 heteroatoms. The van der Waals surface area contributed by atoms with Crippen LogP contribution in [0.1, 0.15) is 23.7 Å². The number of hydrogen-bond donors (Lipinski definition) is 1. The van der Waals surface area contributed by atoms with E-state index in [1.54, 1.807) is 6.92 Å². The predicted molar refractivity (Wildman–Crippen MR) is 103 cm³/mol. The van der Waals surface area contributed by atoms with Gasteiger partial charge in [0.15, 0.2) is 17.3 Å². The first-order valence-corrected chi connectivity index (χ1v) is 9.24. The van der Waals surface area contributed by atoms with Gasteiger partial charge in [0.25, 0.3) is 0 Å². The molecule has 0 radical (unpaired) electrons. The first kappa shape index (κ1) is 22.2. The van der Waals surface area contributed by atoms with Crippen LogP contribution in [0.5, 0.6) is 0 Å². The topological polar surface area (TPSA) is 93.5 Å². The Labute approximate surface area is 173 Å². The Balaban J connectivity index is 1.97. The molecular formula is C19H18F4N4O4. The van der Waals surface area contributed by atoms with Crippen molar-refractivity contribution in [2.75, 3.05) is 24.6 Å². The zero-order chi connectivity index (χ0) is 22.9. The highest BCUT2D eigenvalue weighted by atomic mass is 19.4. The lowest BCUT2D eigenvalue weighted by Gasteiger charge is -2.20. The van der Waals surface area contributed by atoms with E-state index in [0.717, 1.165) is 6.07 Å². The normalized spacial score (nSPS) is 16.4. The highest BCUT2D eigenvalue weighted by Gasteiger charge is 2.41. The highest BCUT2D eigenvalue weighted by Crippen LogP contribution is 2.25. The summed E-state index contributed by atoms with van der Waals surface area (Å²) in [5, 5.41) is 1.67. The smallest absolute Gasteiger partial charge is 0.462 e. The molecule has 1 unspecified atom stereocenters. The lowest BCUT2D eigenvalue weighted by Crippen LogP contribution is -2.44. The molecule has 3 heterocycles. The molecule has 1 fully saturated rings. The molecule has 1 aliphatic heterocycles. The fourth-order valence-corrected chi connectivity index (χ4v) is 3.29. The van der Waals surface area contributed by atoms with Crippen LogP contribution < -0.4 is 15.6 Å². The van der Waals surface area contributed by atoms with Crippen molar-refractivity contribution in [2.45, 2.75) is 25.6 Å². The third-order valence-electron chi connectivity index (χ3n) is 4.71. The van der Waals surface area contributed by atoms with Crippen molar-refractivity contribution in [3.63, 3.8) is 0 Å². The van der Waals surface area contributed by atoms with Gasteiger partial charge in [0.1, 0.15) is 5.56 Å². The molecule has 1 aliphatic rings. The number of halogens is 4. The zero-order valence-electron chi connectivity index (χ0n) is 16.3. The monoisotopic (exact) mass is 442 g/mol. The van der Waals surface area contributed by atoms with Crippen LogP contribution in [0.4, 0.5) is 23.4 Å². The van der Waals surface area contributed by atoms with E-state index in [2.05, 4.69) is 11.6 Å². The van der Waals surface area contributed by atoms with Gasteiger partial charge in [-0.2, -0.15) is 13.2 Å². The average molecular weight is 442 g/mol. The molecule has 166 valence electrons. The Morgan fingerprint density at radius 1 is 1.42 bits per heavy atom. The predicted octanol–water partition coefficient (Wildman–Crippen LogP) is 2.07. The second-order valence-electron chi connectivity index (χ2n) is 6.75. The lowest BCUT2D eigenvalue weighted by molar-refractivity contribution is -0.174. The largest absolute Gasteiger partial charge is 0.471 e. The molecule has 0 aliphatic carbocycles. The van der Waals surface area contributed by atoms with Crippen molar-refractivity contribution in [3.8, 4) is 0 Å². The molecule has 31 heavy (non-hydrogen) atoms. The number of alkyl halides is 3. The maximum absolute atomic E-state index is 14.8. The number of rotatable bonds is 5. The SMILES string of the molecule is C=Cn1cc(C(=O)OCC)c(=O)c2cc(F)c(N3CCC(NC(=O)C(F)(F)F)C3)nc21. The number of nitrogens with one attached hydrogen (secondary N) is 1. The second kappa shape index (κ2) is 8.36. The third-order valence-corrected chi connectivity index (χ3v) is 4.71. The van der Waals surface area contributed by atoms with Crippen LogP contribution in [-0.4, -0.2) is 53.3 Å². The number of ether oxygens (including phenoxy) is 1. The highest BCUT2D eigenvalue weighted by molar-refractivity contribution is 5.94. The average Bonchev–Trinajstić information content (AvgIpc) is 3.16. The third kappa shape index (κ3) is 4.37. The van der Waals surface area contributed by atoms with Crippen LogP contribution in [0, 0.1) is 5.82 Å². The van der Waals surface area contributed by atoms with Gasteiger partial charge < -0.3 is 19.5 Å². The number of nitrogens with zero attached hydrogens (tertiary/aromatic N) is 3.